The molecule has 0 aliphatic carbocycles. The van der Waals surface area contributed by atoms with Crippen molar-refractivity contribution in [3.8, 4) is 0 Å². The molecule has 4 nitrogen and oxygen atoms in total. The predicted octanol–water partition coefficient (Wildman–Crippen LogP) is 5.58. The number of amides is 1. The van der Waals surface area contributed by atoms with Crippen molar-refractivity contribution in [2.45, 2.75) is 45.6 Å². The van der Waals surface area contributed by atoms with Crippen LogP contribution in [0.3, 0.4) is 0 Å². The van der Waals surface area contributed by atoms with Crippen molar-refractivity contribution in [3.05, 3.63) is 66.1 Å². The maximum Gasteiger partial charge on any atom is 0.416 e. The van der Waals surface area contributed by atoms with Crippen LogP contribution >= 0.6 is 0 Å². The fraction of sp³-hybridized carbons (Fsp3) is 0.364. The zero-order valence-electron chi connectivity index (χ0n) is 16.6. The number of ether oxygens (including phenoxy) is 1. The molecule has 1 aromatic heterocycles. The summed E-state index contributed by atoms with van der Waals surface area (Å²) in [5.74, 6) is 0.199. The summed E-state index contributed by atoms with van der Waals surface area (Å²) in [6.07, 6.45) is 2.87. The van der Waals surface area contributed by atoms with E-state index >= 15 is 0 Å². The molecule has 2 rings (SSSR count). The average molecular weight is 370 g/mol. The molecule has 0 spiro atoms. The number of rotatable bonds is 5. The van der Waals surface area contributed by atoms with E-state index in [1.807, 2.05) is 40.7 Å². The van der Waals surface area contributed by atoms with Gasteiger partial charge in [-0.3, -0.25) is 4.90 Å². The van der Waals surface area contributed by atoms with Gasteiger partial charge in [-0.25, -0.2) is 14.2 Å². The highest BCUT2D eigenvalue weighted by atomic mass is 19.1. The number of aromatic nitrogens is 1. The lowest BCUT2D eigenvalue weighted by atomic mass is 9.84. The molecule has 1 heterocycles. The van der Waals surface area contributed by atoms with E-state index in [-0.39, 0.29) is 5.82 Å². The number of carbonyl (C=O) groups excluding carboxylic acids is 1. The summed E-state index contributed by atoms with van der Waals surface area (Å²) < 4.78 is 18.9. The van der Waals surface area contributed by atoms with Crippen molar-refractivity contribution in [1.82, 2.24) is 4.98 Å². The van der Waals surface area contributed by atoms with Crippen LogP contribution in [-0.4, -0.2) is 23.2 Å². The Bertz CT molecular complexity index is 791. The van der Waals surface area contributed by atoms with Gasteiger partial charge >= 0.3 is 6.09 Å². The Morgan fingerprint density at radius 3 is 2.26 bits per heavy atom. The van der Waals surface area contributed by atoms with Crippen LogP contribution in [-0.2, 0) is 10.2 Å². The lowest BCUT2D eigenvalue weighted by molar-refractivity contribution is 0.0572. The van der Waals surface area contributed by atoms with Gasteiger partial charge in [0.15, 0.2) is 0 Å². The molecule has 2 aromatic rings. The Balaban J connectivity index is 2.36. The minimum Gasteiger partial charge on any atom is -0.443 e. The monoisotopic (exact) mass is 370 g/mol. The fourth-order valence-corrected chi connectivity index (χ4v) is 2.62. The van der Waals surface area contributed by atoms with Gasteiger partial charge in [0, 0.05) is 18.2 Å². The first-order chi connectivity index (χ1) is 12.5. The number of anilines is 1. The van der Waals surface area contributed by atoms with Crippen LogP contribution in [0.2, 0.25) is 0 Å². The van der Waals surface area contributed by atoms with Crippen LogP contribution in [0.15, 0.2) is 49.2 Å². The SMILES string of the molecule is C=Cc1ccc(N(CC(C)(C)c2ccc(F)cc2)C(=O)OC(C)(C)C)nc1. The summed E-state index contributed by atoms with van der Waals surface area (Å²) in [7, 11) is 0. The minimum atomic E-state index is -0.629. The molecular formula is C22H27FN2O2. The van der Waals surface area contributed by atoms with E-state index in [2.05, 4.69) is 11.6 Å². The van der Waals surface area contributed by atoms with Crippen LogP contribution < -0.4 is 4.90 Å². The molecule has 0 aliphatic heterocycles. The topological polar surface area (TPSA) is 42.4 Å². The van der Waals surface area contributed by atoms with Crippen LogP contribution in [0.4, 0.5) is 15.0 Å². The summed E-state index contributed by atoms with van der Waals surface area (Å²) in [4.78, 5) is 18.8. The first-order valence-electron chi connectivity index (χ1n) is 8.87. The molecule has 27 heavy (non-hydrogen) atoms. The summed E-state index contributed by atoms with van der Waals surface area (Å²) in [6, 6.07) is 9.92. The van der Waals surface area contributed by atoms with Gasteiger partial charge in [0.2, 0.25) is 0 Å². The third-order valence-electron chi connectivity index (χ3n) is 4.08. The summed E-state index contributed by atoms with van der Waals surface area (Å²) in [5, 5.41) is 0. The maximum absolute atomic E-state index is 13.3. The molecule has 0 saturated heterocycles. The second-order valence-corrected chi connectivity index (χ2v) is 8.11. The largest absolute Gasteiger partial charge is 0.443 e. The van der Waals surface area contributed by atoms with Crippen molar-refractivity contribution >= 4 is 18.0 Å². The van der Waals surface area contributed by atoms with Gasteiger partial charge in [-0.1, -0.05) is 38.6 Å². The van der Waals surface area contributed by atoms with E-state index in [4.69, 9.17) is 4.74 Å². The Morgan fingerprint density at radius 1 is 1.15 bits per heavy atom. The zero-order valence-corrected chi connectivity index (χ0v) is 16.6. The Hall–Kier alpha value is -2.69. The fourth-order valence-electron chi connectivity index (χ4n) is 2.62. The lowest BCUT2D eigenvalue weighted by Crippen LogP contribution is -2.44. The van der Waals surface area contributed by atoms with Gasteiger partial charge in [0.25, 0.3) is 0 Å². The summed E-state index contributed by atoms with van der Waals surface area (Å²) in [5.41, 5.74) is 0.709. The lowest BCUT2D eigenvalue weighted by Gasteiger charge is -2.34. The number of halogens is 1. The molecule has 0 atom stereocenters. The highest BCUT2D eigenvalue weighted by molar-refractivity contribution is 5.87. The van der Waals surface area contributed by atoms with Crippen molar-refractivity contribution in [3.63, 3.8) is 0 Å². The number of nitrogens with zero attached hydrogens (tertiary/aromatic N) is 2. The normalized spacial score (nSPS) is 11.8. The second kappa shape index (κ2) is 7.91. The molecule has 0 fully saturated rings. The number of carbonyl (C=O) groups is 1. The van der Waals surface area contributed by atoms with Crippen LogP contribution in [0.5, 0.6) is 0 Å². The van der Waals surface area contributed by atoms with Gasteiger partial charge in [-0.05, 0) is 56.2 Å². The maximum atomic E-state index is 13.3. The molecule has 0 unspecified atom stereocenters. The van der Waals surface area contributed by atoms with Gasteiger partial charge < -0.3 is 4.74 Å². The van der Waals surface area contributed by atoms with E-state index in [0.29, 0.717) is 12.4 Å². The standard InChI is InChI=1S/C22H27FN2O2/c1-7-16-8-13-19(24-14-16)25(20(26)27-21(2,3)4)15-22(5,6)17-9-11-18(23)12-10-17/h7-14H,1,15H2,2-6H3. The molecule has 1 aromatic carbocycles. The first-order valence-corrected chi connectivity index (χ1v) is 8.87. The van der Waals surface area contributed by atoms with Crippen LogP contribution in [0.25, 0.3) is 6.08 Å². The molecule has 0 radical (unpaired) electrons. The molecule has 0 aliphatic rings. The molecular weight excluding hydrogens is 343 g/mol. The highest BCUT2D eigenvalue weighted by Gasteiger charge is 2.31. The molecule has 0 saturated carbocycles. The van der Waals surface area contributed by atoms with Gasteiger partial charge in [0.1, 0.15) is 17.2 Å². The number of hydrogen-bond acceptors (Lipinski definition) is 3. The Morgan fingerprint density at radius 2 is 1.78 bits per heavy atom. The van der Waals surface area contributed by atoms with Crippen molar-refractivity contribution in [2.75, 3.05) is 11.4 Å². The number of benzene rings is 1. The van der Waals surface area contributed by atoms with Gasteiger partial charge in [-0.15, -0.1) is 0 Å². The molecule has 5 heteroatoms. The quantitative estimate of drug-likeness (QED) is 0.690. The van der Waals surface area contributed by atoms with Crippen molar-refractivity contribution < 1.29 is 13.9 Å². The average Bonchev–Trinajstić information content (AvgIpc) is 2.59. The van der Waals surface area contributed by atoms with Crippen molar-refractivity contribution in [2.24, 2.45) is 0 Å². The predicted molar refractivity (Wildman–Crippen MR) is 107 cm³/mol. The van der Waals surface area contributed by atoms with Crippen LogP contribution in [0, 0.1) is 5.82 Å². The van der Waals surface area contributed by atoms with E-state index in [1.54, 1.807) is 30.5 Å². The second-order valence-electron chi connectivity index (χ2n) is 8.11. The van der Waals surface area contributed by atoms with E-state index in [0.717, 1.165) is 11.1 Å². The zero-order chi connectivity index (χ0) is 20.2. The molecule has 0 bridgehead atoms. The van der Waals surface area contributed by atoms with E-state index < -0.39 is 17.1 Å². The van der Waals surface area contributed by atoms with Gasteiger partial charge in [0.05, 0.1) is 0 Å². The third kappa shape index (κ3) is 5.64. The first kappa shape index (κ1) is 20.6. The van der Waals surface area contributed by atoms with E-state index in [1.165, 1.54) is 17.0 Å². The Kier molecular flexibility index (Phi) is 6.04. The van der Waals surface area contributed by atoms with E-state index in [9.17, 15) is 9.18 Å². The minimum absolute atomic E-state index is 0.291. The van der Waals surface area contributed by atoms with Gasteiger partial charge in [-0.2, -0.15) is 0 Å². The summed E-state index contributed by atoms with van der Waals surface area (Å²) >= 11 is 0. The van der Waals surface area contributed by atoms with Crippen molar-refractivity contribution in [1.29, 1.82) is 0 Å². The third-order valence-corrected chi connectivity index (χ3v) is 4.08. The molecule has 0 N–H and O–H groups in total. The number of hydrogen-bond donors (Lipinski definition) is 0. The molecule has 1 amide bonds. The Labute approximate surface area is 160 Å². The molecule has 144 valence electrons. The van der Waals surface area contributed by atoms with Crippen LogP contribution in [0.1, 0.15) is 45.7 Å². The number of pyridine rings is 1. The smallest absolute Gasteiger partial charge is 0.416 e. The summed E-state index contributed by atoms with van der Waals surface area (Å²) in [6.45, 7) is 13.5. The highest BCUT2D eigenvalue weighted by Crippen LogP contribution is 2.28.